The maximum atomic E-state index is 11.0. The Bertz CT molecular complexity index is 492. The quantitative estimate of drug-likeness (QED) is 0.0571. The van der Waals surface area contributed by atoms with Crippen LogP contribution in [0.1, 0.15) is 47.0 Å². The predicted octanol–water partition coefficient (Wildman–Crippen LogP) is -0.325. The number of nitrogens with one attached hydrogen (secondary N) is 5. The Morgan fingerprint density at radius 3 is 1.61 bits per heavy atom. The second-order valence-electron chi connectivity index (χ2n) is 5.51. The first-order valence-electron chi connectivity index (χ1n) is 9.57. The van der Waals surface area contributed by atoms with Crippen molar-refractivity contribution in [3.05, 3.63) is 0 Å². The molecular weight excluding hydrogens is 444 g/mol. The number of hydrogen-bond donors (Lipinski definition) is 6. The fraction of sp³-hybridized carbons (Fsp3) is 0.722. The van der Waals surface area contributed by atoms with Crippen molar-refractivity contribution < 1.29 is 24.0 Å². The number of carbonyl (C=O) groups excluding carboxylic acids is 5. The topological polar surface area (TPSA) is 172 Å². The van der Waals surface area contributed by atoms with Gasteiger partial charge >= 0.3 is 0 Å². The summed E-state index contributed by atoms with van der Waals surface area (Å²) in [5.41, 5.74) is 6.35. The second kappa shape index (κ2) is 26.0. The molecule has 5 amide bonds. The summed E-state index contributed by atoms with van der Waals surface area (Å²) in [5.74, 6) is 7.61. The van der Waals surface area contributed by atoms with Gasteiger partial charge in [-0.1, -0.05) is 21.3 Å². The molecule has 0 aliphatic rings. The Labute approximate surface area is 193 Å². The van der Waals surface area contributed by atoms with Gasteiger partial charge in [0.05, 0.1) is 0 Å². The molecular formula is C18H38N6O5S2. The van der Waals surface area contributed by atoms with Crippen LogP contribution in [-0.4, -0.2) is 66.1 Å². The molecule has 0 bridgehead atoms. The Morgan fingerprint density at radius 1 is 0.774 bits per heavy atom. The van der Waals surface area contributed by atoms with Crippen molar-refractivity contribution in [2.45, 2.75) is 47.0 Å². The van der Waals surface area contributed by atoms with Crippen LogP contribution in [0, 0.1) is 0 Å². The van der Waals surface area contributed by atoms with E-state index in [0.717, 1.165) is 17.3 Å². The van der Waals surface area contributed by atoms with Crippen LogP contribution in [0.3, 0.4) is 0 Å². The minimum absolute atomic E-state index is 0. The Balaban J connectivity index is -0.000000494. The highest BCUT2D eigenvalue weighted by Crippen LogP contribution is 2.01. The zero-order chi connectivity index (χ0) is 23.0. The van der Waals surface area contributed by atoms with Gasteiger partial charge in [0.1, 0.15) is 0 Å². The highest BCUT2D eigenvalue weighted by Gasteiger charge is 2.00. The predicted molar refractivity (Wildman–Crippen MR) is 127 cm³/mol. The molecule has 0 rings (SSSR count). The lowest BCUT2D eigenvalue weighted by Crippen LogP contribution is -2.36. The molecule has 11 nitrogen and oxygen atoms in total. The van der Waals surface area contributed by atoms with Gasteiger partial charge in [-0.3, -0.25) is 40.3 Å². The van der Waals surface area contributed by atoms with Crippen molar-refractivity contribution in [2.75, 3.05) is 36.1 Å². The van der Waals surface area contributed by atoms with Crippen molar-refractivity contribution in [3.8, 4) is 0 Å². The fourth-order valence-electron chi connectivity index (χ4n) is 1.55. The van der Waals surface area contributed by atoms with Crippen molar-refractivity contribution >= 4 is 53.6 Å². The zero-order valence-electron chi connectivity index (χ0n) is 17.6. The largest absolute Gasteiger partial charge is 0.355 e. The van der Waals surface area contributed by atoms with E-state index in [-0.39, 0.29) is 31.1 Å². The molecule has 182 valence electrons. The number of hydrazine groups is 2. The van der Waals surface area contributed by atoms with Crippen molar-refractivity contribution in [1.82, 2.24) is 26.9 Å². The molecule has 0 spiro atoms. The lowest BCUT2D eigenvalue weighted by Gasteiger charge is -2.04. The maximum absolute atomic E-state index is 11.0. The molecule has 0 saturated heterocycles. The summed E-state index contributed by atoms with van der Waals surface area (Å²) in [6, 6.07) is 0. The molecule has 13 heteroatoms. The van der Waals surface area contributed by atoms with Crippen LogP contribution in [0.25, 0.3) is 0 Å². The van der Waals surface area contributed by atoms with E-state index in [1.54, 1.807) is 30.4 Å². The van der Waals surface area contributed by atoms with Gasteiger partial charge in [0.25, 0.3) is 0 Å². The molecule has 31 heavy (non-hydrogen) atoms. The van der Waals surface area contributed by atoms with E-state index in [9.17, 15) is 24.0 Å². The van der Waals surface area contributed by atoms with E-state index >= 15 is 0 Å². The number of nitrogens with two attached hydrogens (primary N) is 1. The number of amides is 5. The molecule has 0 aliphatic heterocycles. The van der Waals surface area contributed by atoms with E-state index in [0.29, 0.717) is 50.9 Å². The molecule has 0 saturated carbocycles. The van der Waals surface area contributed by atoms with Crippen molar-refractivity contribution in [2.24, 2.45) is 5.84 Å². The van der Waals surface area contributed by atoms with Crippen LogP contribution in [0.5, 0.6) is 0 Å². The van der Waals surface area contributed by atoms with Crippen LogP contribution in [0.15, 0.2) is 0 Å². The summed E-state index contributed by atoms with van der Waals surface area (Å²) in [4.78, 5) is 53.1. The fourth-order valence-corrected chi connectivity index (χ4v) is 3.11. The van der Waals surface area contributed by atoms with E-state index in [1.165, 1.54) is 0 Å². The summed E-state index contributed by atoms with van der Waals surface area (Å²) in [7, 11) is 0. The lowest BCUT2D eigenvalue weighted by molar-refractivity contribution is -0.124. The minimum atomic E-state index is -0.225. The van der Waals surface area contributed by atoms with Crippen LogP contribution in [0.4, 0.5) is 0 Å². The lowest BCUT2D eigenvalue weighted by atomic mass is 10.4. The highest BCUT2D eigenvalue weighted by molar-refractivity contribution is 7.99. The Hall–Kier alpha value is -1.99. The third kappa shape index (κ3) is 28.0. The molecule has 0 aromatic rings. The van der Waals surface area contributed by atoms with Gasteiger partial charge in [0.15, 0.2) is 0 Å². The first kappa shape index (κ1) is 33.6. The monoisotopic (exact) mass is 482 g/mol. The molecule has 0 radical (unpaired) electrons. The maximum Gasteiger partial charge on any atom is 0.239 e. The molecule has 0 atom stereocenters. The summed E-state index contributed by atoms with van der Waals surface area (Å²) in [6.45, 7) is 4.88. The van der Waals surface area contributed by atoms with Crippen LogP contribution >= 0.6 is 23.5 Å². The van der Waals surface area contributed by atoms with E-state index < -0.39 is 0 Å². The first-order valence-corrected chi connectivity index (χ1v) is 11.9. The van der Waals surface area contributed by atoms with Crippen molar-refractivity contribution in [1.29, 1.82) is 0 Å². The van der Waals surface area contributed by atoms with Gasteiger partial charge in [-0.25, -0.2) is 5.84 Å². The molecule has 0 heterocycles. The molecule has 0 aromatic carbocycles. The molecule has 0 unspecified atom stereocenters. The number of thioether (sulfide) groups is 2. The normalized spacial score (nSPS) is 9.13. The standard InChI is InChI=1S/C9H17N3O3S.C8H17N3O2S.CH4/c1-2-8(14)10-4-6-16-5-3-9(15)12-11-7-13;1-2-7(12)10-4-6-14-5-3-8(13)11-9;/h7H,2-6H2,1H3,(H,10,14)(H,11,13)(H,12,15);2-6,9H2,1H3,(H,10,12)(H,11,13);1H4. The highest BCUT2D eigenvalue weighted by atomic mass is 32.2. The van der Waals surface area contributed by atoms with Gasteiger partial charge < -0.3 is 10.6 Å². The average molecular weight is 483 g/mol. The van der Waals surface area contributed by atoms with E-state index in [4.69, 9.17) is 5.84 Å². The van der Waals surface area contributed by atoms with Gasteiger partial charge in [0, 0.05) is 61.8 Å². The summed E-state index contributed by atoms with van der Waals surface area (Å²) >= 11 is 3.19. The smallest absolute Gasteiger partial charge is 0.239 e. The third-order valence-corrected chi connectivity index (χ3v) is 5.13. The zero-order valence-corrected chi connectivity index (χ0v) is 19.2. The van der Waals surface area contributed by atoms with Crippen LogP contribution in [-0.2, 0) is 24.0 Å². The average Bonchev–Trinajstić information content (AvgIpc) is 2.76. The molecule has 0 fully saturated rings. The third-order valence-electron chi connectivity index (χ3n) is 3.16. The summed E-state index contributed by atoms with van der Waals surface area (Å²) < 4.78 is 0. The van der Waals surface area contributed by atoms with Crippen LogP contribution in [0.2, 0.25) is 0 Å². The van der Waals surface area contributed by atoms with Crippen molar-refractivity contribution in [3.63, 3.8) is 0 Å². The SMILES string of the molecule is C.CCC(=O)NCCSCCC(=O)NN.CCC(=O)NCCSCCC(=O)NNC=O. The summed E-state index contributed by atoms with van der Waals surface area (Å²) in [6.07, 6.45) is 2.17. The van der Waals surface area contributed by atoms with Gasteiger partial charge in [-0.05, 0) is 0 Å². The Kier molecular flexibility index (Phi) is 28.3. The van der Waals surface area contributed by atoms with E-state index in [2.05, 4.69) is 26.9 Å². The number of rotatable bonds is 16. The molecule has 0 aliphatic carbocycles. The van der Waals surface area contributed by atoms with Gasteiger partial charge in [-0.15, -0.1) is 0 Å². The number of carbonyl (C=O) groups is 5. The van der Waals surface area contributed by atoms with Gasteiger partial charge in [0.2, 0.25) is 30.0 Å². The van der Waals surface area contributed by atoms with Crippen LogP contribution < -0.4 is 32.8 Å². The summed E-state index contributed by atoms with van der Waals surface area (Å²) in [5, 5.41) is 5.49. The Morgan fingerprint density at radius 2 is 1.23 bits per heavy atom. The molecule has 7 N–H and O–H groups in total. The molecule has 0 aromatic heterocycles. The minimum Gasteiger partial charge on any atom is -0.355 e. The van der Waals surface area contributed by atoms with E-state index in [1.807, 2.05) is 6.92 Å². The first-order chi connectivity index (χ1) is 14.4. The number of hydrogen-bond acceptors (Lipinski definition) is 8. The second-order valence-corrected chi connectivity index (χ2v) is 7.96. The van der Waals surface area contributed by atoms with Gasteiger partial charge in [-0.2, -0.15) is 23.5 Å².